The molecule has 3 rings (SSSR count). The molecule has 1 fully saturated rings. The molecule has 0 radical (unpaired) electrons. The van der Waals surface area contributed by atoms with E-state index in [1.54, 1.807) is 6.92 Å². The molecule has 0 saturated carbocycles. The SMILES string of the molecule is CC(=O)N1CCN(Cc2cn3cc(N)ccc3n2)CC1. The van der Waals surface area contributed by atoms with Crippen LogP contribution in [0.4, 0.5) is 5.69 Å². The number of hydrogen-bond acceptors (Lipinski definition) is 4. The molecule has 3 heterocycles. The molecule has 106 valence electrons. The Kier molecular flexibility index (Phi) is 3.31. The fraction of sp³-hybridized carbons (Fsp3) is 0.429. The third-order valence-electron chi connectivity index (χ3n) is 3.73. The Morgan fingerprint density at radius 1 is 1.25 bits per heavy atom. The van der Waals surface area contributed by atoms with Gasteiger partial charge in [0.25, 0.3) is 0 Å². The van der Waals surface area contributed by atoms with Crippen molar-refractivity contribution in [3.63, 3.8) is 0 Å². The third kappa shape index (κ3) is 2.60. The maximum Gasteiger partial charge on any atom is 0.219 e. The summed E-state index contributed by atoms with van der Waals surface area (Å²) >= 11 is 0. The van der Waals surface area contributed by atoms with Gasteiger partial charge < -0.3 is 15.0 Å². The van der Waals surface area contributed by atoms with Crippen molar-refractivity contribution in [3.8, 4) is 0 Å². The summed E-state index contributed by atoms with van der Waals surface area (Å²) in [5, 5.41) is 0. The second-order valence-electron chi connectivity index (χ2n) is 5.24. The normalized spacial score (nSPS) is 16.8. The highest BCUT2D eigenvalue weighted by atomic mass is 16.2. The molecule has 0 atom stereocenters. The lowest BCUT2D eigenvalue weighted by Gasteiger charge is -2.33. The first-order valence-electron chi connectivity index (χ1n) is 6.83. The van der Waals surface area contributed by atoms with E-state index in [1.165, 1.54) is 0 Å². The van der Waals surface area contributed by atoms with Crippen LogP contribution in [0.25, 0.3) is 5.65 Å². The number of hydrogen-bond donors (Lipinski definition) is 1. The summed E-state index contributed by atoms with van der Waals surface area (Å²) < 4.78 is 1.95. The smallest absolute Gasteiger partial charge is 0.219 e. The summed E-state index contributed by atoms with van der Waals surface area (Å²) in [5.74, 6) is 0.160. The summed E-state index contributed by atoms with van der Waals surface area (Å²) in [6.45, 7) is 5.84. The van der Waals surface area contributed by atoms with E-state index < -0.39 is 0 Å². The molecule has 6 nitrogen and oxygen atoms in total. The average molecular weight is 273 g/mol. The lowest BCUT2D eigenvalue weighted by Crippen LogP contribution is -2.47. The number of amides is 1. The van der Waals surface area contributed by atoms with Crippen LogP contribution in [-0.4, -0.2) is 51.3 Å². The highest BCUT2D eigenvalue weighted by molar-refractivity contribution is 5.73. The van der Waals surface area contributed by atoms with Gasteiger partial charge in [0.05, 0.1) is 5.69 Å². The van der Waals surface area contributed by atoms with Crippen LogP contribution in [0.5, 0.6) is 0 Å². The second kappa shape index (κ2) is 5.13. The fourth-order valence-corrected chi connectivity index (χ4v) is 2.59. The van der Waals surface area contributed by atoms with Gasteiger partial charge in [0, 0.05) is 57.7 Å². The van der Waals surface area contributed by atoms with Gasteiger partial charge in [-0.1, -0.05) is 0 Å². The zero-order valence-electron chi connectivity index (χ0n) is 11.6. The van der Waals surface area contributed by atoms with E-state index >= 15 is 0 Å². The number of carbonyl (C=O) groups excluding carboxylic acids is 1. The lowest BCUT2D eigenvalue weighted by molar-refractivity contribution is -0.130. The van der Waals surface area contributed by atoms with Crippen LogP contribution >= 0.6 is 0 Å². The van der Waals surface area contributed by atoms with Gasteiger partial charge >= 0.3 is 0 Å². The molecule has 1 aliphatic heterocycles. The Morgan fingerprint density at radius 2 is 2.00 bits per heavy atom. The molecule has 2 aromatic heterocycles. The molecule has 20 heavy (non-hydrogen) atoms. The predicted octanol–water partition coefficient (Wildman–Crippen LogP) is 0.581. The van der Waals surface area contributed by atoms with E-state index in [0.29, 0.717) is 0 Å². The van der Waals surface area contributed by atoms with E-state index in [4.69, 9.17) is 5.73 Å². The van der Waals surface area contributed by atoms with Gasteiger partial charge in [0.1, 0.15) is 5.65 Å². The number of anilines is 1. The number of aromatic nitrogens is 2. The number of pyridine rings is 1. The molecule has 2 N–H and O–H groups in total. The third-order valence-corrected chi connectivity index (χ3v) is 3.73. The molecule has 0 aromatic carbocycles. The van der Waals surface area contributed by atoms with Crippen molar-refractivity contribution in [2.45, 2.75) is 13.5 Å². The highest BCUT2D eigenvalue weighted by Crippen LogP contribution is 2.12. The van der Waals surface area contributed by atoms with E-state index in [2.05, 4.69) is 9.88 Å². The van der Waals surface area contributed by atoms with Gasteiger partial charge in [-0.05, 0) is 12.1 Å². The molecule has 1 saturated heterocycles. The largest absolute Gasteiger partial charge is 0.398 e. The zero-order chi connectivity index (χ0) is 14.1. The number of nitrogen functional groups attached to an aromatic ring is 1. The quantitative estimate of drug-likeness (QED) is 0.869. The Bertz CT molecular complexity index is 628. The molecule has 1 amide bonds. The van der Waals surface area contributed by atoms with Gasteiger partial charge in [-0.25, -0.2) is 4.98 Å². The number of rotatable bonds is 2. The minimum atomic E-state index is 0.160. The number of nitrogens with zero attached hydrogens (tertiary/aromatic N) is 4. The number of nitrogens with two attached hydrogens (primary N) is 1. The van der Waals surface area contributed by atoms with E-state index in [0.717, 1.165) is 49.8 Å². The molecule has 0 bridgehead atoms. The second-order valence-corrected chi connectivity index (χ2v) is 5.24. The molecule has 1 aliphatic rings. The molecular formula is C14H19N5O. The van der Waals surface area contributed by atoms with Crippen molar-refractivity contribution < 1.29 is 4.79 Å². The van der Waals surface area contributed by atoms with Gasteiger partial charge in [0.15, 0.2) is 0 Å². The lowest BCUT2D eigenvalue weighted by atomic mass is 10.3. The first-order valence-corrected chi connectivity index (χ1v) is 6.83. The van der Waals surface area contributed by atoms with Crippen molar-refractivity contribution in [2.24, 2.45) is 0 Å². The Hall–Kier alpha value is -2.08. The Labute approximate surface area is 117 Å². The standard InChI is InChI=1S/C14H19N5O/c1-11(20)18-6-4-17(5-7-18)9-13-10-19-8-12(15)2-3-14(19)16-13/h2-3,8,10H,4-7,9,15H2,1H3. The topological polar surface area (TPSA) is 66.9 Å². The number of fused-ring (bicyclic) bond motifs is 1. The molecule has 0 spiro atoms. The molecular weight excluding hydrogens is 254 g/mol. The van der Waals surface area contributed by atoms with E-state index in [1.807, 2.05) is 33.8 Å². The molecule has 0 unspecified atom stereocenters. The fourth-order valence-electron chi connectivity index (χ4n) is 2.59. The van der Waals surface area contributed by atoms with Crippen LogP contribution in [0.2, 0.25) is 0 Å². The molecule has 2 aromatic rings. The summed E-state index contributed by atoms with van der Waals surface area (Å²) in [6, 6.07) is 3.78. The van der Waals surface area contributed by atoms with Crippen LogP contribution in [0.1, 0.15) is 12.6 Å². The van der Waals surface area contributed by atoms with Gasteiger partial charge in [-0.15, -0.1) is 0 Å². The van der Waals surface area contributed by atoms with Gasteiger partial charge in [0.2, 0.25) is 5.91 Å². The van der Waals surface area contributed by atoms with Crippen LogP contribution in [0.3, 0.4) is 0 Å². The number of imidazole rings is 1. The van der Waals surface area contributed by atoms with Gasteiger partial charge in [-0.2, -0.15) is 0 Å². The first-order chi connectivity index (χ1) is 9.61. The van der Waals surface area contributed by atoms with Crippen molar-refractivity contribution in [1.82, 2.24) is 19.2 Å². The van der Waals surface area contributed by atoms with Crippen LogP contribution < -0.4 is 5.73 Å². The van der Waals surface area contributed by atoms with Crippen molar-refractivity contribution in [2.75, 3.05) is 31.9 Å². The van der Waals surface area contributed by atoms with Crippen molar-refractivity contribution in [3.05, 3.63) is 30.2 Å². The summed E-state index contributed by atoms with van der Waals surface area (Å²) in [4.78, 5) is 20.1. The molecule has 0 aliphatic carbocycles. The van der Waals surface area contributed by atoms with Crippen LogP contribution in [0, 0.1) is 0 Å². The average Bonchev–Trinajstić information content (AvgIpc) is 2.80. The summed E-state index contributed by atoms with van der Waals surface area (Å²) in [7, 11) is 0. The maximum absolute atomic E-state index is 11.3. The monoisotopic (exact) mass is 273 g/mol. The van der Waals surface area contributed by atoms with Crippen molar-refractivity contribution >= 4 is 17.2 Å². The summed E-state index contributed by atoms with van der Waals surface area (Å²) in [6.07, 6.45) is 3.89. The number of carbonyl (C=O) groups is 1. The molecule has 6 heteroatoms. The minimum Gasteiger partial charge on any atom is -0.398 e. The maximum atomic E-state index is 11.3. The highest BCUT2D eigenvalue weighted by Gasteiger charge is 2.19. The van der Waals surface area contributed by atoms with Gasteiger partial charge in [-0.3, -0.25) is 9.69 Å². The minimum absolute atomic E-state index is 0.160. The first kappa shape index (κ1) is 12.9. The van der Waals surface area contributed by atoms with E-state index in [9.17, 15) is 4.79 Å². The Balaban J connectivity index is 1.66. The van der Waals surface area contributed by atoms with Crippen LogP contribution in [0.15, 0.2) is 24.5 Å². The zero-order valence-corrected chi connectivity index (χ0v) is 11.6. The van der Waals surface area contributed by atoms with Crippen molar-refractivity contribution in [1.29, 1.82) is 0 Å². The summed E-state index contributed by atoms with van der Waals surface area (Å²) in [5.41, 5.74) is 8.45. The number of piperazine rings is 1. The van der Waals surface area contributed by atoms with E-state index in [-0.39, 0.29) is 5.91 Å². The Morgan fingerprint density at radius 3 is 2.70 bits per heavy atom. The van der Waals surface area contributed by atoms with Crippen LogP contribution in [-0.2, 0) is 11.3 Å². The predicted molar refractivity (Wildman–Crippen MR) is 77.1 cm³/mol.